The molecule has 0 saturated heterocycles. The molecule has 8 heteroatoms. The molecular formula is C12H7ClN2O5. The fourth-order valence-electron chi connectivity index (χ4n) is 1.40. The number of aromatic carboxylic acids is 1. The fraction of sp³-hybridized carbons (Fsp3) is 0. The number of rotatable bonds is 4. The van der Waals surface area contributed by atoms with Gasteiger partial charge in [-0.15, -0.1) is 0 Å². The summed E-state index contributed by atoms with van der Waals surface area (Å²) in [6.45, 7) is 0. The van der Waals surface area contributed by atoms with Gasteiger partial charge in [0, 0.05) is 18.3 Å². The maximum Gasteiger partial charge on any atom is 0.354 e. The molecule has 0 radical (unpaired) electrons. The van der Waals surface area contributed by atoms with Gasteiger partial charge >= 0.3 is 5.97 Å². The first kappa shape index (κ1) is 13.8. The van der Waals surface area contributed by atoms with Crippen LogP contribution in [0.25, 0.3) is 0 Å². The quantitative estimate of drug-likeness (QED) is 0.686. The van der Waals surface area contributed by atoms with E-state index < -0.39 is 10.9 Å². The Morgan fingerprint density at radius 1 is 1.35 bits per heavy atom. The third-order valence-corrected chi connectivity index (χ3v) is 2.62. The van der Waals surface area contributed by atoms with Crippen molar-refractivity contribution in [3.05, 3.63) is 57.4 Å². The normalized spacial score (nSPS) is 10.1. The van der Waals surface area contributed by atoms with Gasteiger partial charge in [0.2, 0.25) is 0 Å². The Kier molecular flexibility index (Phi) is 3.81. The largest absolute Gasteiger partial charge is 0.477 e. The number of carboxylic acids is 1. The van der Waals surface area contributed by atoms with E-state index in [2.05, 4.69) is 4.98 Å². The average Bonchev–Trinajstić information content (AvgIpc) is 2.41. The Morgan fingerprint density at radius 3 is 2.75 bits per heavy atom. The van der Waals surface area contributed by atoms with Gasteiger partial charge in [-0.2, -0.15) is 0 Å². The predicted molar refractivity (Wildman–Crippen MR) is 69.4 cm³/mol. The number of nitro groups is 1. The Morgan fingerprint density at radius 2 is 2.10 bits per heavy atom. The summed E-state index contributed by atoms with van der Waals surface area (Å²) in [5.41, 5.74) is -0.388. The number of nitrogens with zero attached hydrogens (tertiary/aromatic N) is 2. The van der Waals surface area contributed by atoms with Crippen LogP contribution in [0.4, 0.5) is 5.69 Å². The molecule has 0 atom stereocenters. The molecule has 1 N–H and O–H groups in total. The van der Waals surface area contributed by atoms with E-state index in [-0.39, 0.29) is 27.9 Å². The van der Waals surface area contributed by atoms with Gasteiger partial charge in [0.15, 0.2) is 11.4 Å². The molecule has 1 aromatic heterocycles. The van der Waals surface area contributed by atoms with Crippen LogP contribution in [0.3, 0.4) is 0 Å². The van der Waals surface area contributed by atoms with E-state index in [0.29, 0.717) is 0 Å². The number of benzene rings is 1. The van der Waals surface area contributed by atoms with E-state index >= 15 is 0 Å². The summed E-state index contributed by atoms with van der Waals surface area (Å²) in [6, 6.07) is 6.33. The highest BCUT2D eigenvalue weighted by atomic mass is 35.5. The van der Waals surface area contributed by atoms with Gasteiger partial charge in [0.1, 0.15) is 5.75 Å². The maximum atomic E-state index is 10.8. The van der Waals surface area contributed by atoms with Crippen molar-refractivity contribution in [2.45, 2.75) is 0 Å². The highest BCUT2D eigenvalue weighted by molar-refractivity contribution is 6.32. The molecular weight excluding hydrogens is 288 g/mol. The molecule has 102 valence electrons. The molecule has 1 aromatic carbocycles. The van der Waals surface area contributed by atoms with Crippen molar-refractivity contribution in [3.8, 4) is 11.5 Å². The first-order chi connectivity index (χ1) is 9.47. The number of pyridine rings is 1. The lowest BCUT2D eigenvalue weighted by molar-refractivity contribution is -0.384. The van der Waals surface area contributed by atoms with E-state index in [1.54, 1.807) is 0 Å². The number of nitro benzene ring substituents is 1. The van der Waals surface area contributed by atoms with Crippen LogP contribution in [0.15, 0.2) is 36.5 Å². The van der Waals surface area contributed by atoms with Crippen molar-refractivity contribution in [3.63, 3.8) is 0 Å². The van der Waals surface area contributed by atoms with Crippen LogP contribution >= 0.6 is 11.6 Å². The molecule has 0 spiro atoms. The average molecular weight is 295 g/mol. The number of ether oxygens (including phenoxy) is 1. The summed E-state index contributed by atoms with van der Waals surface area (Å²) < 4.78 is 5.35. The summed E-state index contributed by atoms with van der Waals surface area (Å²) in [6.07, 6.45) is 1.25. The lowest BCUT2D eigenvalue weighted by atomic mass is 10.3. The van der Waals surface area contributed by atoms with Crippen molar-refractivity contribution >= 4 is 23.3 Å². The second-order valence-electron chi connectivity index (χ2n) is 3.66. The van der Waals surface area contributed by atoms with E-state index in [4.69, 9.17) is 21.4 Å². The highest BCUT2D eigenvalue weighted by Gasteiger charge is 2.12. The Bertz CT molecular complexity index is 689. The highest BCUT2D eigenvalue weighted by Crippen LogP contribution is 2.32. The minimum Gasteiger partial charge on any atom is -0.477 e. The first-order valence-electron chi connectivity index (χ1n) is 5.28. The Balaban J connectivity index is 2.34. The number of hydrogen-bond acceptors (Lipinski definition) is 5. The van der Waals surface area contributed by atoms with Crippen LogP contribution in [-0.2, 0) is 0 Å². The van der Waals surface area contributed by atoms with Crippen LogP contribution in [0, 0.1) is 10.1 Å². The van der Waals surface area contributed by atoms with E-state index in [0.717, 1.165) is 6.07 Å². The van der Waals surface area contributed by atoms with Gasteiger partial charge in [-0.1, -0.05) is 11.6 Å². The van der Waals surface area contributed by atoms with Gasteiger partial charge in [0.05, 0.1) is 16.0 Å². The minimum absolute atomic E-state index is 0.0587. The zero-order valence-electron chi connectivity index (χ0n) is 9.82. The molecule has 20 heavy (non-hydrogen) atoms. The van der Waals surface area contributed by atoms with Crippen LogP contribution in [0.5, 0.6) is 11.5 Å². The number of hydrogen-bond donors (Lipinski definition) is 1. The molecule has 0 unspecified atom stereocenters. The second-order valence-corrected chi connectivity index (χ2v) is 4.06. The first-order valence-corrected chi connectivity index (χ1v) is 5.66. The standard InChI is InChI=1S/C12H7ClN2O5/c13-9-2-1-7(15(18)19)5-11(9)20-8-3-4-14-10(6-8)12(16)17/h1-6H,(H,16,17). The Hall–Kier alpha value is -2.67. The molecule has 0 fully saturated rings. The molecule has 1 heterocycles. The van der Waals surface area contributed by atoms with E-state index in [1.165, 1.54) is 30.5 Å². The van der Waals surface area contributed by atoms with Crippen LogP contribution in [0.2, 0.25) is 5.02 Å². The molecule has 0 aliphatic rings. The van der Waals surface area contributed by atoms with Crippen LogP contribution < -0.4 is 4.74 Å². The lowest BCUT2D eigenvalue weighted by Gasteiger charge is -2.07. The fourth-order valence-corrected chi connectivity index (χ4v) is 1.56. The number of carbonyl (C=O) groups is 1. The monoisotopic (exact) mass is 294 g/mol. The smallest absolute Gasteiger partial charge is 0.354 e. The topological polar surface area (TPSA) is 103 Å². The third kappa shape index (κ3) is 3.01. The lowest BCUT2D eigenvalue weighted by Crippen LogP contribution is -1.99. The summed E-state index contributed by atoms with van der Waals surface area (Å²) in [5, 5.41) is 19.7. The number of aromatic nitrogens is 1. The molecule has 0 aliphatic carbocycles. The second kappa shape index (κ2) is 5.54. The molecule has 0 bridgehead atoms. The predicted octanol–water partition coefficient (Wildman–Crippen LogP) is 3.13. The van der Waals surface area contributed by atoms with Crippen molar-refractivity contribution < 1.29 is 19.6 Å². The van der Waals surface area contributed by atoms with Crippen molar-refractivity contribution in [2.24, 2.45) is 0 Å². The molecule has 0 aliphatic heterocycles. The summed E-state index contributed by atoms with van der Waals surface area (Å²) in [5.74, 6) is -0.983. The van der Waals surface area contributed by atoms with Gasteiger partial charge in [-0.05, 0) is 12.1 Å². The van der Waals surface area contributed by atoms with Crippen molar-refractivity contribution in [1.29, 1.82) is 0 Å². The maximum absolute atomic E-state index is 10.8. The van der Waals surface area contributed by atoms with Gasteiger partial charge in [-0.3, -0.25) is 10.1 Å². The number of halogens is 1. The van der Waals surface area contributed by atoms with Crippen LogP contribution in [0.1, 0.15) is 10.5 Å². The molecule has 0 saturated carbocycles. The van der Waals surface area contributed by atoms with Gasteiger partial charge < -0.3 is 9.84 Å². The van der Waals surface area contributed by atoms with Crippen molar-refractivity contribution in [1.82, 2.24) is 4.98 Å². The zero-order valence-corrected chi connectivity index (χ0v) is 10.6. The Labute approximate surface area is 117 Å². The molecule has 2 rings (SSSR count). The van der Waals surface area contributed by atoms with E-state index in [9.17, 15) is 14.9 Å². The number of carboxylic acid groups (broad SMARTS) is 1. The SMILES string of the molecule is O=C(O)c1cc(Oc2cc([N+](=O)[O-])ccc2Cl)ccn1. The molecule has 2 aromatic rings. The minimum atomic E-state index is -1.21. The zero-order chi connectivity index (χ0) is 14.7. The van der Waals surface area contributed by atoms with Crippen LogP contribution in [-0.4, -0.2) is 21.0 Å². The summed E-state index contributed by atoms with van der Waals surface area (Å²) >= 11 is 5.87. The van der Waals surface area contributed by atoms with Gasteiger partial charge in [0.25, 0.3) is 5.69 Å². The number of non-ortho nitro benzene ring substituents is 1. The summed E-state index contributed by atoms with van der Waals surface area (Å²) in [7, 11) is 0. The summed E-state index contributed by atoms with van der Waals surface area (Å²) in [4.78, 5) is 24.5. The molecule has 0 amide bonds. The molecule has 7 nitrogen and oxygen atoms in total. The third-order valence-electron chi connectivity index (χ3n) is 2.30. The van der Waals surface area contributed by atoms with E-state index in [1.807, 2.05) is 0 Å². The van der Waals surface area contributed by atoms with Crippen molar-refractivity contribution in [2.75, 3.05) is 0 Å². The van der Waals surface area contributed by atoms with Gasteiger partial charge in [-0.25, -0.2) is 9.78 Å².